The third kappa shape index (κ3) is 5.32. The molecule has 204 valence electrons. The van der Waals surface area contributed by atoms with Crippen molar-refractivity contribution in [1.82, 2.24) is 0 Å². The maximum Gasteiger partial charge on any atom is 0.300 e. The zero-order chi connectivity index (χ0) is 28.5. The molecule has 0 spiro atoms. The van der Waals surface area contributed by atoms with Gasteiger partial charge < -0.3 is 19.3 Å². The lowest BCUT2D eigenvalue weighted by Gasteiger charge is -2.27. The fourth-order valence-electron chi connectivity index (χ4n) is 4.64. The Balaban J connectivity index is 1.94. The highest BCUT2D eigenvalue weighted by Crippen LogP contribution is 2.45. The Morgan fingerprint density at radius 1 is 0.949 bits per heavy atom. The maximum absolute atomic E-state index is 13.6. The van der Waals surface area contributed by atoms with Crippen molar-refractivity contribution in [1.29, 1.82) is 0 Å². The summed E-state index contributed by atoms with van der Waals surface area (Å²) in [5.41, 5.74) is 2.25. The highest BCUT2D eigenvalue weighted by molar-refractivity contribution is 6.51. The number of benzene rings is 3. The van der Waals surface area contributed by atoms with Crippen LogP contribution in [0.25, 0.3) is 5.76 Å². The Morgan fingerprint density at radius 2 is 1.56 bits per heavy atom. The average Bonchev–Trinajstić information content (AvgIpc) is 3.18. The molecule has 1 aliphatic rings. The van der Waals surface area contributed by atoms with E-state index in [2.05, 4.69) is 20.8 Å². The number of methoxy groups -OCH3 is 2. The van der Waals surface area contributed by atoms with Gasteiger partial charge >= 0.3 is 0 Å². The van der Waals surface area contributed by atoms with Gasteiger partial charge in [-0.05, 0) is 53.8 Å². The number of ketones is 1. The van der Waals surface area contributed by atoms with Gasteiger partial charge in [0.1, 0.15) is 23.0 Å². The molecule has 0 bridgehead atoms. The van der Waals surface area contributed by atoms with E-state index in [4.69, 9.17) is 25.8 Å². The Hall–Kier alpha value is -3.97. The predicted molar refractivity (Wildman–Crippen MR) is 152 cm³/mol. The fraction of sp³-hybridized carbons (Fsp3) is 0.290. The zero-order valence-corrected chi connectivity index (χ0v) is 23.6. The number of carbonyl (C=O) groups is 2. The second kappa shape index (κ2) is 11.0. The van der Waals surface area contributed by atoms with Crippen LogP contribution in [0.3, 0.4) is 0 Å². The molecule has 1 fully saturated rings. The van der Waals surface area contributed by atoms with Crippen LogP contribution in [0.4, 0.5) is 5.69 Å². The first-order valence-corrected chi connectivity index (χ1v) is 13.0. The van der Waals surface area contributed by atoms with Crippen molar-refractivity contribution in [2.45, 2.75) is 39.2 Å². The molecule has 1 N–H and O–H groups in total. The van der Waals surface area contributed by atoms with E-state index < -0.39 is 23.5 Å². The van der Waals surface area contributed by atoms with Crippen molar-refractivity contribution >= 4 is 34.7 Å². The van der Waals surface area contributed by atoms with Crippen molar-refractivity contribution < 1.29 is 28.9 Å². The molecule has 1 saturated heterocycles. The van der Waals surface area contributed by atoms with Crippen LogP contribution in [0.1, 0.15) is 50.4 Å². The number of halogens is 1. The zero-order valence-electron chi connectivity index (χ0n) is 22.9. The minimum atomic E-state index is -0.900. The molecule has 1 amide bonds. The Morgan fingerprint density at radius 3 is 2.10 bits per heavy atom. The molecule has 4 rings (SSSR count). The minimum Gasteiger partial charge on any atom is -0.507 e. The number of anilines is 1. The first-order chi connectivity index (χ1) is 18.5. The van der Waals surface area contributed by atoms with Crippen molar-refractivity contribution in [2.24, 2.45) is 0 Å². The van der Waals surface area contributed by atoms with Crippen molar-refractivity contribution in [2.75, 3.05) is 25.7 Å². The smallest absolute Gasteiger partial charge is 0.300 e. The van der Waals surface area contributed by atoms with Crippen LogP contribution in [0, 0.1) is 0 Å². The van der Waals surface area contributed by atoms with E-state index in [0.717, 1.165) is 5.56 Å². The molecule has 39 heavy (non-hydrogen) atoms. The van der Waals surface area contributed by atoms with E-state index in [-0.39, 0.29) is 27.3 Å². The topological polar surface area (TPSA) is 85.3 Å². The van der Waals surface area contributed by atoms with Crippen molar-refractivity contribution in [3.8, 4) is 17.2 Å². The first kappa shape index (κ1) is 28.0. The number of rotatable bonds is 7. The summed E-state index contributed by atoms with van der Waals surface area (Å²) in [6.45, 7) is 8.69. The number of ether oxygens (including phenoxy) is 3. The number of nitrogens with zero attached hydrogens (tertiary/aromatic N) is 1. The van der Waals surface area contributed by atoms with Crippen LogP contribution in [-0.2, 0) is 15.0 Å². The molecule has 3 aromatic rings. The van der Waals surface area contributed by atoms with Gasteiger partial charge in [0.2, 0.25) is 0 Å². The lowest BCUT2D eigenvalue weighted by atomic mass is 9.85. The molecule has 0 aliphatic carbocycles. The third-order valence-electron chi connectivity index (χ3n) is 6.69. The Bertz CT molecular complexity index is 1420. The van der Waals surface area contributed by atoms with E-state index in [1.807, 2.05) is 31.2 Å². The summed E-state index contributed by atoms with van der Waals surface area (Å²) >= 11 is 6.36. The molecule has 1 aliphatic heterocycles. The SMILES string of the molecule is CCOc1ccc(N2C(=O)C(=O)/C(=C(/O)c3cc(Cl)c(OC)cc3OC)C2c2ccc(C(C)(C)C)cc2)cc1. The van der Waals surface area contributed by atoms with Gasteiger partial charge in [0.15, 0.2) is 0 Å². The lowest BCUT2D eigenvalue weighted by molar-refractivity contribution is -0.132. The number of aliphatic hydroxyl groups is 1. The van der Waals surface area contributed by atoms with Gasteiger partial charge in [-0.2, -0.15) is 0 Å². The van der Waals surface area contributed by atoms with E-state index in [1.165, 1.54) is 31.3 Å². The van der Waals surface area contributed by atoms with E-state index in [1.54, 1.807) is 24.3 Å². The number of hydrogen-bond donors (Lipinski definition) is 1. The number of Topliss-reactive ketones (excluding diaryl/α,β-unsaturated/α-hetero) is 1. The van der Waals surface area contributed by atoms with Gasteiger partial charge in [-0.1, -0.05) is 56.6 Å². The lowest BCUT2D eigenvalue weighted by Crippen LogP contribution is -2.29. The summed E-state index contributed by atoms with van der Waals surface area (Å²) in [4.78, 5) is 28.5. The first-order valence-electron chi connectivity index (χ1n) is 12.6. The fourth-order valence-corrected chi connectivity index (χ4v) is 4.88. The van der Waals surface area contributed by atoms with Gasteiger partial charge in [-0.25, -0.2) is 0 Å². The third-order valence-corrected chi connectivity index (χ3v) is 6.99. The molecule has 7 nitrogen and oxygen atoms in total. The largest absolute Gasteiger partial charge is 0.507 e. The summed E-state index contributed by atoms with van der Waals surface area (Å²) in [5.74, 6) is -0.754. The van der Waals surface area contributed by atoms with Crippen molar-refractivity contribution in [3.05, 3.63) is 87.9 Å². The quantitative estimate of drug-likeness (QED) is 0.201. The monoisotopic (exact) mass is 549 g/mol. The molecule has 0 aromatic heterocycles. The van der Waals surface area contributed by atoms with E-state index >= 15 is 0 Å². The summed E-state index contributed by atoms with van der Waals surface area (Å²) in [6.07, 6.45) is 0. The Labute approximate surface area is 233 Å². The molecule has 1 atom stereocenters. The molecular weight excluding hydrogens is 518 g/mol. The van der Waals surface area contributed by atoms with Crippen LogP contribution >= 0.6 is 11.6 Å². The number of aliphatic hydroxyl groups excluding tert-OH is 1. The highest BCUT2D eigenvalue weighted by atomic mass is 35.5. The van der Waals surface area contributed by atoms with Crippen LogP contribution in [0.5, 0.6) is 17.2 Å². The van der Waals surface area contributed by atoms with Crippen LogP contribution in [-0.4, -0.2) is 37.6 Å². The van der Waals surface area contributed by atoms with Crippen molar-refractivity contribution in [3.63, 3.8) is 0 Å². The summed E-state index contributed by atoms with van der Waals surface area (Å²) < 4.78 is 16.3. The summed E-state index contributed by atoms with van der Waals surface area (Å²) in [6, 6.07) is 16.7. The number of carbonyl (C=O) groups excluding carboxylic acids is 2. The van der Waals surface area contributed by atoms with Gasteiger partial charge in [-0.15, -0.1) is 0 Å². The minimum absolute atomic E-state index is 0.0723. The van der Waals surface area contributed by atoms with Crippen LogP contribution in [0.2, 0.25) is 5.02 Å². The average molecular weight is 550 g/mol. The normalized spacial score (nSPS) is 16.9. The molecule has 8 heteroatoms. The molecule has 1 unspecified atom stereocenters. The van der Waals surface area contributed by atoms with E-state index in [9.17, 15) is 14.7 Å². The predicted octanol–water partition coefficient (Wildman–Crippen LogP) is 6.68. The molecular formula is C31H32ClNO6. The standard InChI is InChI=1S/C31H32ClNO6/c1-7-39-21-14-12-20(13-15-21)33-27(18-8-10-19(11-9-18)31(2,3)4)26(29(35)30(33)36)28(34)22-16-23(32)25(38-6)17-24(22)37-5/h8-17,27,34H,7H2,1-6H3/b28-26+. The molecule has 3 aromatic carbocycles. The molecule has 0 saturated carbocycles. The second-order valence-electron chi connectivity index (χ2n) is 10.2. The van der Waals surface area contributed by atoms with E-state index in [0.29, 0.717) is 29.4 Å². The van der Waals surface area contributed by atoms with Gasteiger partial charge in [-0.3, -0.25) is 14.5 Å². The molecule has 1 heterocycles. The van der Waals surface area contributed by atoms with Gasteiger partial charge in [0, 0.05) is 11.8 Å². The summed E-state index contributed by atoms with van der Waals surface area (Å²) in [5, 5.41) is 11.8. The summed E-state index contributed by atoms with van der Waals surface area (Å²) in [7, 11) is 2.89. The van der Waals surface area contributed by atoms with Crippen LogP contribution in [0.15, 0.2) is 66.2 Å². The van der Waals surface area contributed by atoms with Gasteiger partial charge in [0.25, 0.3) is 11.7 Å². The highest BCUT2D eigenvalue weighted by Gasteiger charge is 2.47. The van der Waals surface area contributed by atoms with Crippen LogP contribution < -0.4 is 19.1 Å². The Kier molecular flexibility index (Phi) is 7.93. The number of amides is 1. The second-order valence-corrected chi connectivity index (χ2v) is 10.6. The maximum atomic E-state index is 13.6. The number of hydrogen-bond acceptors (Lipinski definition) is 6. The van der Waals surface area contributed by atoms with Gasteiger partial charge in [0.05, 0.1) is 43.0 Å². The molecule has 0 radical (unpaired) electrons.